The first-order chi connectivity index (χ1) is 13.4. The van der Waals surface area contributed by atoms with Gasteiger partial charge in [0.25, 0.3) is 11.6 Å². The number of carbonyl (C=O) groups is 1. The summed E-state index contributed by atoms with van der Waals surface area (Å²) >= 11 is 0. The number of fused-ring (bicyclic) bond motifs is 1. The molecule has 0 aromatic heterocycles. The van der Waals surface area contributed by atoms with Crippen molar-refractivity contribution in [1.29, 1.82) is 0 Å². The molecule has 2 aliphatic carbocycles. The summed E-state index contributed by atoms with van der Waals surface area (Å²) in [5.74, 6) is 0.188. The fraction of sp³-hybridized carbons (Fsp3) is 0.870. The van der Waals surface area contributed by atoms with Crippen LogP contribution in [0.15, 0.2) is 0 Å². The van der Waals surface area contributed by atoms with Crippen LogP contribution in [0.3, 0.4) is 0 Å². The first-order valence-electron chi connectivity index (χ1n) is 10.8. The predicted octanol–water partition coefficient (Wildman–Crippen LogP) is 3.60. The van der Waals surface area contributed by atoms with Gasteiger partial charge in [0.1, 0.15) is 11.7 Å². The average Bonchev–Trinajstić information content (AvgIpc) is 3.05. The van der Waals surface area contributed by atoms with Gasteiger partial charge in [-0.2, -0.15) is 0 Å². The Balaban J connectivity index is 1.98. The van der Waals surface area contributed by atoms with Crippen LogP contribution in [-0.4, -0.2) is 45.9 Å². The molecule has 1 saturated heterocycles. The maximum absolute atomic E-state index is 11.3. The SMILES string of the molecule is [C-]#[N+][C@@H]1C2[C@@H]([C@@]3(C)CC[C@@H](C(C)(C)[N+]#[C-])O3)CC[C@](C)(NC=O)[C@H]2CC[C@@]1(C)O. The minimum absolute atomic E-state index is 0.0535. The average molecular weight is 402 g/mol. The minimum Gasteiger partial charge on any atom is -0.382 e. The second kappa shape index (κ2) is 7.25. The predicted molar refractivity (Wildman–Crippen MR) is 111 cm³/mol. The van der Waals surface area contributed by atoms with Crippen LogP contribution < -0.4 is 5.32 Å². The van der Waals surface area contributed by atoms with E-state index in [0.717, 1.165) is 38.5 Å². The summed E-state index contributed by atoms with van der Waals surface area (Å²) in [4.78, 5) is 19.1. The molecule has 1 aliphatic heterocycles. The van der Waals surface area contributed by atoms with Gasteiger partial charge in [0, 0.05) is 25.3 Å². The van der Waals surface area contributed by atoms with Crippen LogP contribution in [0.5, 0.6) is 0 Å². The first kappa shape index (κ1) is 22.1. The second-order valence-electron chi connectivity index (χ2n) is 10.7. The van der Waals surface area contributed by atoms with Crippen molar-refractivity contribution in [3.8, 4) is 0 Å². The second-order valence-corrected chi connectivity index (χ2v) is 10.7. The van der Waals surface area contributed by atoms with Crippen LogP contribution in [0.4, 0.5) is 0 Å². The highest BCUT2D eigenvalue weighted by molar-refractivity contribution is 5.48. The van der Waals surface area contributed by atoms with Gasteiger partial charge in [-0.25, -0.2) is 13.1 Å². The van der Waals surface area contributed by atoms with Crippen molar-refractivity contribution >= 4 is 6.41 Å². The molecule has 6 heteroatoms. The van der Waals surface area contributed by atoms with E-state index in [0.29, 0.717) is 6.42 Å². The lowest BCUT2D eigenvalue weighted by molar-refractivity contribution is -0.155. The summed E-state index contributed by atoms with van der Waals surface area (Å²) < 4.78 is 6.59. The number of hydrogen-bond donors (Lipinski definition) is 2. The Kier molecular flexibility index (Phi) is 5.52. The lowest BCUT2D eigenvalue weighted by Crippen LogP contribution is -2.65. The Morgan fingerprint density at radius 3 is 2.34 bits per heavy atom. The van der Waals surface area contributed by atoms with Crippen molar-refractivity contribution in [2.24, 2.45) is 17.8 Å². The van der Waals surface area contributed by atoms with Crippen molar-refractivity contribution in [3.63, 3.8) is 0 Å². The van der Waals surface area contributed by atoms with E-state index < -0.39 is 22.8 Å². The van der Waals surface area contributed by atoms with Gasteiger partial charge >= 0.3 is 0 Å². The lowest BCUT2D eigenvalue weighted by atomic mass is 9.51. The molecule has 3 aliphatic rings. The molecule has 0 radical (unpaired) electrons. The molecule has 0 spiro atoms. The topological polar surface area (TPSA) is 67.3 Å². The number of rotatable bonds is 4. The number of ether oxygens (including phenoxy) is 1. The molecular weight excluding hydrogens is 366 g/mol. The third kappa shape index (κ3) is 3.56. The van der Waals surface area contributed by atoms with E-state index in [9.17, 15) is 9.90 Å². The molecular formula is C23H35N3O3. The highest BCUT2D eigenvalue weighted by atomic mass is 16.5. The quantitative estimate of drug-likeness (QED) is 0.559. The van der Waals surface area contributed by atoms with Crippen molar-refractivity contribution in [2.45, 2.75) is 108 Å². The summed E-state index contributed by atoms with van der Waals surface area (Å²) in [6, 6.07) is -0.521. The molecule has 0 bridgehead atoms. The standard InChI is InChI=1S/C23H35N3O3/c1-20(2,25-7)17-10-13-23(5,29-17)16-8-11-21(3,26-14-27)15-9-12-22(4,28)19(24-6)18(15)16/h14-19,28H,8-13H2,1-5H3,(H,26,27)/t15-,16-,17-,18?,19+,21-,22+,23+/m0/s1. The maximum Gasteiger partial charge on any atom is 0.255 e. The molecule has 2 N–H and O–H groups in total. The minimum atomic E-state index is -1.04. The Morgan fingerprint density at radius 1 is 1.10 bits per heavy atom. The van der Waals surface area contributed by atoms with E-state index in [-0.39, 0.29) is 29.4 Å². The number of nitrogens with zero attached hydrogens (tertiary/aromatic N) is 2. The smallest absolute Gasteiger partial charge is 0.255 e. The summed E-state index contributed by atoms with van der Waals surface area (Å²) in [6.45, 7) is 25.3. The van der Waals surface area contributed by atoms with Crippen LogP contribution in [0, 0.1) is 30.9 Å². The number of aliphatic hydroxyl groups is 1. The molecule has 29 heavy (non-hydrogen) atoms. The van der Waals surface area contributed by atoms with Crippen molar-refractivity contribution < 1.29 is 14.6 Å². The van der Waals surface area contributed by atoms with Gasteiger partial charge in [-0.3, -0.25) is 4.79 Å². The van der Waals surface area contributed by atoms with Gasteiger partial charge in [0.2, 0.25) is 6.41 Å². The lowest BCUT2D eigenvalue weighted by Gasteiger charge is -2.56. The molecule has 160 valence electrons. The van der Waals surface area contributed by atoms with E-state index in [2.05, 4.69) is 28.9 Å². The molecule has 0 aromatic carbocycles. The maximum atomic E-state index is 11.3. The van der Waals surface area contributed by atoms with E-state index in [1.54, 1.807) is 6.92 Å². The molecule has 6 nitrogen and oxygen atoms in total. The summed E-state index contributed by atoms with van der Waals surface area (Å²) in [6.07, 6.45) is 5.36. The van der Waals surface area contributed by atoms with Crippen molar-refractivity contribution in [1.82, 2.24) is 5.32 Å². The Bertz CT molecular complexity index is 737. The van der Waals surface area contributed by atoms with Gasteiger partial charge < -0.3 is 24.9 Å². The van der Waals surface area contributed by atoms with E-state index in [1.165, 1.54) is 0 Å². The number of nitrogens with one attached hydrogen (secondary N) is 1. The van der Waals surface area contributed by atoms with Crippen LogP contribution in [0.25, 0.3) is 9.69 Å². The van der Waals surface area contributed by atoms with Crippen LogP contribution in [-0.2, 0) is 9.53 Å². The summed E-state index contributed by atoms with van der Waals surface area (Å²) in [7, 11) is 0. The van der Waals surface area contributed by atoms with E-state index in [1.807, 2.05) is 13.8 Å². The first-order valence-corrected chi connectivity index (χ1v) is 10.8. The van der Waals surface area contributed by atoms with Crippen LogP contribution >= 0.6 is 0 Å². The van der Waals surface area contributed by atoms with Gasteiger partial charge in [-0.1, -0.05) is 0 Å². The highest BCUT2D eigenvalue weighted by Gasteiger charge is 2.64. The normalized spacial score (nSPS) is 47.5. The van der Waals surface area contributed by atoms with E-state index in [4.69, 9.17) is 17.9 Å². The monoisotopic (exact) mass is 401 g/mol. The summed E-state index contributed by atoms with van der Waals surface area (Å²) in [5, 5.41) is 14.1. The molecule has 2 saturated carbocycles. The number of hydrogen-bond acceptors (Lipinski definition) is 3. The Morgan fingerprint density at radius 2 is 1.76 bits per heavy atom. The van der Waals surface area contributed by atoms with Crippen molar-refractivity contribution in [2.75, 3.05) is 0 Å². The third-order valence-electron chi connectivity index (χ3n) is 8.39. The fourth-order valence-corrected chi connectivity index (χ4v) is 6.45. The van der Waals surface area contributed by atoms with Crippen molar-refractivity contribution in [3.05, 3.63) is 22.8 Å². The zero-order chi connectivity index (χ0) is 21.7. The Labute approximate surface area is 175 Å². The van der Waals surface area contributed by atoms with Gasteiger partial charge in [-0.05, 0) is 71.1 Å². The number of amides is 1. The molecule has 3 rings (SSSR count). The highest BCUT2D eigenvalue weighted by Crippen LogP contribution is 2.57. The molecule has 1 heterocycles. The van der Waals surface area contributed by atoms with Gasteiger partial charge in [0.15, 0.2) is 0 Å². The van der Waals surface area contributed by atoms with E-state index >= 15 is 0 Å². The van der Waals surface area contributed by atoms with Crippen LogP contribution in [0.1, 0.15) is 73.1 Å². The fourth-order valence-electron chi connectivity index (χ4n) is 6.45. The molecule has 1 unspecified atom stereocenters. The van der Waals surface area contributed by atoms with Gasteiger partial charge in [-0.15, -0.1) is 0 Å². The number of carbonyl (C=O) groups excluding carboxylic acids is 1. The van der Waals surface area contributed by atoms with Gasteiger partial charge in [0.05, 0.1) is 5.60 Å². The zero-order valence-corrected chi connectivity index (χ0v) is 18.4. The third-order valence-corrected chi connectivity index (χ3v) is 8.39. The molecule has 8 atom stereocenters. The molecule has 3 fully saturated rings. The Hall–Kier alpha value is -1.63. The van der Waals surface area contributed by atoms with Crippen LogP contribution in [0.2, 0.25) is 0 Å². The largest absolute Gasteiger partial charge is 0.382 e. The zero-order valence-electron chi connectivity index (χ0n) is 18.4. The molecule has 1 amide bonds. The molecule has 0 aromatic rings. The summed E-state index contributed by atoms with van der Waals surface area (Å²) in [5.41, 5.74) is -2.40.